The van der Waals surface area contributed by atoms with E-state index >= 15 is 0 Å². The molecular weight excluding hydrogens is 420 g/mol. The quantitative estimate of drug-likeness (QED) is 0.728. The fourth-order valence-electron chi connectivity index (χ4n) is 3.02. The lowest BCUT2D eigenvalue weighted by atomic mass is 10.2. The Bertz CT molecular complexity index is 1160. The van der Waals surface area contributed by atoms with Gasteiger partial charge in [-0.3, -0.25) is 9.52 Å². The molecule has 1 unspecified atom stereocenters. The van der Waals surface area contributed by atoms with Crippen molar-refractivity contribution in [3.05, 3.63) is 42.5 Å². The number of carbonyl (C=O) groups excluding carboxylic acids is 1. The Hall–Kier alpha value is -2.79. The molecule has 9 nitrogen and oxygen atoms in total. The minimum Gasteiger partial charge on any atom is -0.495 e. The second kappa shape index (κ2) is 7.56. The summed E-state index contributed by atoms with van der Waals surface area (Å²) in [6.45, 7) is 1.50. The Morgan fingerprint density at radius 3 is 2.31 bits per heavy atom. The summed E-state index contributed by atoms with van der Waals surface area (Å²) in [5.41, 5.74) is 0.126. The van der Waals surface area contributed by atoms with Crippen molar-refractivity contribution in [3.63, 3.8) is 0 Å². The van der Waals surface area contributed by atoms with Gasteiger partial charge in [0.2, 0.25) is 15.9 Å². The van der Waals surface area contributed by atoms with Crippen LogP contribution in [-0.2, 0) is 24.8 Å². The molecule has 1 fully saturated rings. The monoisotopic (exact) mass is 440 g/mol. The van der Waals surface area contributed by atoms with Gasteiger partial charge in [-0.25, -0.2) is 21.1 Å². The molecule has 0 aromatic heterocycles. The van der Waals surface area contributed by atoms with Crippen LogP contribution in [-0.4, -0.2) is 42.7 Å². The lowest BCUT2D eigenvalue weighted by molar-refractivity contribution is -0.119. The van der Waals surface area contributed by atoms with Crippen LogP contribution in [0.4, 0.5) is 11.4 Å². The Balaban J connectivity index is 2.09. The number of hydrogen-bond donors (Lipinski definition) is 1. The summed E-state index contributed by atoms with van der Waals surface area (Å²) >= 11 is 0. The van der Waals surface area contributed by atoms with Crippen LogP contribution in [0.3, 0.4) is 0 Å². The van der Waals surface area contributed by atoms with Crippen LogP contribution in [0, 0.1) is 5.92 Å². The van der Waals surface area contributed by atoms with Gasteiger partial charge in [0.25, 0.3) is 10.0 Å². The minimum atomic E-state index is -4.20. The number of anilines is 2. The first-order valence-electron chi connectivity index (χ1n) is 8.51. The molecule has 0 saturated carbocycles. The van der Waals surface area contributed by atoms with Crippen molar-refractivity contribution < 1.29 is 31.1 Å². The van der Waals surface area contributed by atoms with Crippen molar-refractivity contribution in [2.45, 2.75) is 11.8 Å². The molecule has 1 aliphatic rings. The summed E-state index contributed by atoms with van der Waals surface area (Å²) in [5, 5.41) is 0. The third kappa shape index (κ3) is 3.87. The van der Waals surface area contributed by atoms with Crippen molar-refractivity contribution in [1.82, 2.24) is 0 Å². The molecular formula is C18H20N2O7S2. The largest absolute Gasteiger partial charge is 0.495 e. The first kappa shape index (κ1) is 20.9. The number of ether oxygens (including phenoxy) is 2. The molecule has 156 valence electrons. The molecule has 2 aromatic carbocycles. The number of hydrogen-bond acceptors (Lipinski definition) is 7. The predicted octanol–water partition coefficient (Wildman–Crippen LogP) is 1.82. The van der Waals surface area contributed by atoms with Gasteiger partial charge in [0.1, 0.15) is 16.4 Å². The number of sulfonamides is 2. The van der Waals surface area contributed by atoms with Crippen molar-refractivity contribution in [2.24, 2.45) is 5.92 Å². The van der Waals surface area contributed by atoms with Crippen molar-refractivity contribution in [1.29, 1.82) is 0 Å². The molecule has 0 spiro atoms. The maximum atomic E-state index is 13.0. The SMILES string of the molecule is COc1ccccc1NS(=O)(=O)c1cc(N2C(=O)C(C)CS2(=O)=O)ccc1OC. The number of carbonyl (C=O) groups is 1. The Kier molecular flexibility index (Phi) is 5.46. The van der Waals surface area contributed by atoms with Gasteiger partial charge in [0, 0.05) is 0 Å². The highest BCUT2D eigenvalue weighted by Crippen LogP contribution is 2.35. The summed E-state index contributed by atoms with van der Waals surface area (Å²) in [4.78, 5) is 12.0. The topological polar surface area (TPSA) is 119 Å². The maximum Gasteiger partial charge on any atom is 0.265 e. The maximum absolute atomic E-state index is 13.0. The molecule has 0 bridgehead atoms. The Morgan fingerprint density at radius 2 is 1.72 bits per heavy atom. The number of methoxy groups -OCH3 is 2. The van der Waals surface area contributed by atoms with Gasteiger partial charge in [0.05, 0.1) is 37.3 Å². The van der Waals surface area contributed by atoms with Gasteiger partial charge in [0.15, 0.2) is 0 Å². The van der Waals surface area contributed by atoms with E-state index < -0.39 is 31.9 Å². The lowest BCUT2D eigenvalue weighted by Gasteiger charge is -2.18. The number of para-hydroxylation sites is 2. The van der Waals surface area contributed by atoms with Crippen LogP contribution in [0.15, 0.2) is 47.4 Å². The van der Waals surface area contributed by atoms with Gasteiger partial charge in [-0.1, -0.05) is 19.1 Å². The average molecular weight is 440 g/mol. The molecule has 1 aliphatic heterocycles. The van der Waals surface area contributed by atoms with Gasteiger partial charge in [-0.2, -0.15) is 0 Å². The molecule has 0 radical (unpaired) electrons. The lowest BCUT2D eigenvalue weighted by Crippen LogP contribution is -2.30. The van der Waals surface area contributed by atoms with Crippen LogP contribution in [0.5, 0.6) is 11.5 Å². The smallest absolute Gasteiger partial charge is 0.265 e. The normalized spacial score (nSPS) is 18.5. The number of rotatable bonds is 6. The first-order valence-corrected chi connectivity index (χ1v) is 11.6. The van der Waals surface area contributed by atoms with Crippen molar-refractivity contribution in [3.8, 4) is 11.5 Å². The van der Waals surface area contributed by atoms with E-state index in [-0.39, 0.29) is 27.8 Å². The predicted molar refractivity (Wildman–Crippen MR) is 107 cm³/mol. The highest BCUT2D eigenvalue weighted by atomic mass is 32.2. The average Bonchev–Trinajstić information content (AvgIpc) is 2.88. The third-order valence-electron chi connectivity index (χ3n) is 4.38. The second-order valence-electron chi connectivity index (χ2n) is 6.42. The summed E-state index contributed by atoms with van der Waals surface area (Å²) < 4.78 is 64.1. The molecule has 1 saturated heterocycles. The van der Waals surface area contributed by atoms with E-state index in [1.165, 1.54) is 39.3 Å². The fraction of sp³-hybridized carbons (Fsp3) is 0.278. The zero-order valence-electron chi connectivity index (χ0n) is 15.9. The molecule has 0 aliphatic carbocycles. The number of benzene rings is 2. The number of nitrogens with zero attached hydrogens (tertiary/aromatic N) is 1. The van der Waals surface area contributed by atoms with Crippen LogP contribution in [0.25, 0.3) is 0 Å². The van der Waals surface area contributed by atoms with Crippen molar-refractivity contribution in [2.75, 3.05) is 29.0 Å². The fourth-order valence-corrected chi connectivity index (χ4v) is 6.09. The molecule has 1 atom stereocenters. The summed E-state index contributed by atoms with van der Waals surface area (Å²) in [6.07, 6.45) is 0. The van der Waals surface area contributed by atoms with E-state index in [2.05, 4.69) is 4.72 Å². The molecule has 3 rings (SSSR count). The number of nitrogens with one attached hydrogen (secondary N) is 1. The van der Waals surface area contributed by atoms with Crippen LogP contribution < -0.4 is 18.5 Å². The number of amides is 1. The molecule has 1 amide bonds. The minimum absolute atomic E-state index is 0.00626. The molecule has 1 N–H and O–H groups in total. The van der Waals surface area contributed by atoms with Gasteiger partial charge < -0.3 is 9.47 Å². The van der Waals surface area contributed by atoms with Gasteiger partial charge in [-0.05, 0) is 30.3 Å². The van der Waals surface area contributed by atoms with E-state index in [0.717, 1.165) is 6.07 Å². The van der Waals surface area contributed by atoms with E-state index in [0.29, 0.717) is 10.1 Å². The van der Waals surface area contributed by atoms with Crippen LogP contribution in [0.1, 0.15) is 6.92 Å². The third-order valence-corrected chi connectivity index (χ3v) is 7.64. The Labute approximate surface area is 169 Å². The van der Waals surface area contributed by atoms with Gasteiger partial charge >= 0.3 is 0 Å². The molecule has 11 heteroatoms. The zero-order valence-corrected chi connectivity index (χ0v) is 17.6. The standard InChI is InChI=1S/C18H20N2O7S2/c1-12-11-28(22,23)20(18(12)21)13-8-9-16(27-3)17(10-13)29(24,25)19-14-6-4-5-7-15(14)26-2/h4-10,12,19H,11H2,1-3H3. The Morgan fingerprint density at radius 1 is 1.07 bits per heavy atom. The highest BCUT2D eigenvalue weighted by Gasteiger charge is 2.42. The van der Waals surface area contributed by atoms with Gasteiger partial charge in [-0.15, -0.1) is 0 Å². The first-order chi connectivity index (χ1) is 13.6. The highest BCUT2D eigenvalue weighted by molar-refractivity contribution is 7.94. The van der Waals surface area contributed by atoms with Crippen molar-refractivity contribution >= 4 is 37.3 Å². The molecule has 1 heterocycles. The van der Waals surface area contributed by atoms with E-state index in [9.17, 15) is 21.6 Å². The zero-order chi connectivity index (χ0) is 21.4. The second-order valence-corrected chi connectivity index (χ2v) is 9.94. The summed E-state index contributed by atoms with van der Waals surface area (Å²) in [6, 6.07) is 10.1. The summed E-state index contributed by atoms with van der Waals surface area (Å²) in [5.74, 6) is -1.37. The van der Waals surface area contributed by atoms with E-state index in [4.69, 9.17) is 9.47 Å². The molecule has 29 heavy (non-hydrogen) atoms. The van der Waals surface area contributed by atoms with E-state index in [1.54, 1.807) is 18.2 Å². The van der Waals surface area contributed by atoms with Crippen LogP contribution >= 0.6 is 0 Å². The van der Waals surface area contributed by atoms with Crippen LogP contribution in [0.2, 0.25) is 0 Å². The summed E-state index contributed by atoms with van der Waals surface area (Å²) in [7, 11) is -5.39. The van der Waals surface area contributed by atoms with E-state index in [1.807, 2.05) is 0 Å². The molecule has 2 aromatic rings.